The van der Waals surface area contributed by atoms with Gasteiger partial charge in [-0.1, -0.05) is 6.08 Å². The van der Waals surface area contributed by atoms with Gasteiger partial charge in [0.25, 0.3) is 10.2 Å². The van der Waals surface area contributed by atoms with Crippen LogP contribution in [-0.2, 0) is 14.9 Å². The standard InChI is InChI=1S/C13H24N2O4S/c1-2-4-13(12-16)5-3-6-15(11-13)20(17,18)14-7-9-19-10-8-14/h2,16H,1,3-12H2/t13-/m0/s1. The van der Waals surface area contributed by atoms with Crippen LogP contribution in [-0.4, -0.2) is 68.1 Å². The van der Waals surface area contributed by atoms with Gasteiger partial charge in [-0.2, -0.15) is 17.0 Å². The van der Waals surface area contributed by atoms with E-state index in [0.29, 0.717) is 45.8 Å². The summed E-state index contributed by atoms with van der Waals surface area (Å²) in [6.07, 6.45) is 4.02. The Morgan fingerprint density at radius 3 is 2.55 bits per heavy atom. The number of piperidine rings is 1. The van der Waals surface area contributed by atoms with Gasteiger partial charge in [-0.05, 0) is 19.3 Å². The predicted molar refractivity (Wildman–Crippen MR) is 76.5 cm³/mol. The Bertz CT molecular complexity index is 434. The molecule has 0 saturated carbocycles. The maximum absolute atomic E-state index is 12.6. The number of aliphatic hydroxyl groups excluding tert-OH is 1. The first kappa shape index (κ1) is 15.9. The number of ether oxygens (including phenoxy) is 1. The lowest BCUT2D eigenvalue weighted by atomic mass is 9.79. The van der Waals surface area contributed by atoms with Crippen molar-refractivity contribution in [3.05, 3.63) is 12.7 Å². The minimum absolute atomic E-state index is 0.00580. The maximum Gasteiger partial charge on any atom is 0.282 e. The van der Waals surface area contributed by atoms with Crippen molar-refractivity contribution in [2.75, 3.05) is 46.0 Å². The number of rotatable bonds is 5. The molecular formula is C13H24N2O4S. The van der Waals surface area contributed by atoms with Crippen molar-refractivity contribution in [3.8, 4) is 0 Å². The molecule has 2 heterocycles. The number of allylic oxidation sites excluding steroid dienone is 1. The Morgan fingerprint density at radius 1 is 1.25 bits per heavy atom. The van der Waals surface area contributed by atoms with Crippen LogP contribution in [0, 0.1) is 5.41 Å². The summed E-state index contributed by atoms with van der Waals surface area (Å²) < 4.78 is 33.5. The van der Waals surface area contributed by atoms with E-state index in [2.05, 4.69) is 6.58 Å². The topological polar surface area (TPSA) is 70.1 Å². The third kappa shape index (κ3) is 3.23. The molecule has 1 N–H and O–H groups in total. The Balaban J connectivity index is 2.12. The highest BCUT2D eigenvalue weighted by atomic mass is 32.2. The van der Waals surface area contributed by atoms with E-state index in [4.69, 9.17) is 4.74 Å². The zero-order valence-corrected chi connectivity index (χ0v) is 12.6. The van der Waals surface area contributed by atoms with Crippen molar-refractivity contribution in [2.45, 2.75) is 19.3 Å². The van der Waals surface area contributed by atoms with Gasteiger partial charge in [0.2, 0.25) is 0 Å². The van der Waals surface area contributed by atoms with Crippen molar-refractivity contribution in [1.82, 2.24) is 8.61 Å². The molecule has 20 heavy (non-hydrogen) atoms. The number of nitrogens with zero attached hydrogens (tertiary/aromatic N) is 2. The van der Waals surface area contributed by atoms with Crippen LogP contribution in [0.2, 0.25) is 0 Å². The zero-order valence-electron chi connectivity index (χ0n) is 11.8. The molecule has 2 aliphatic heterocycles. The Labute approximate surface area is 121 Å². The lowest BCUT2D eigenvalue weighted by molar-refractivity contribution is 0.0524. The summed E-state index contributed by atoms with van der Waals surface area (Å²) >= 11 is 0. The molecule has 0 spiro atoms. The second-order valence-electron chi connectivity index (χ2n) is 5.61. The molecule has 7 heteroatoms. The van der Waals surface area contributed by atoms with E-state index < -0.39 is 10.2 Å². The van der Waals surface area contributed by atoms with Gasteiger partial charge in [-0.25, -0.2) is 0 Å². The smallest absolute Gasteiger partial charge is 0.282 e. The van der Waals surface area contributed by atoms with E-state index in [-0.39, 0.29) is 12.0 Å². The highest BCUT2D eigenvalue weighted by molar-refractivity contribution is 7.86. The molecule has 0 radical (unpaired) electrons. The molecule has 6 nitrogen and oxygen atoms in total. The summed E-state index contributed by atoms with van der Waals surface area (Å²) in [6.45, 7) is 6.33. The van der Waals surface area contributed by atoms with Gasteiger partial charge in [0, 0.05) is 31.6 Å². The fourth-order valence-corrected chi connectivity index (χ4v) is 4.70. The van der Waals surface area contributed by atoms with Crippen LogP contribution in [0.4, 0.5) is 0 Å². The molecule has 0 aromatic heterocycles. The van der Waals surface area contributed by atoms with E-state index in [1.54, 1.807) is 6.08 Å². The summed E-state index contributed by atoms with van der Waals surface area (Å²) in [4.78, 5) is 0. The van der Waals surface area contributed by atoms with Crippen molar-refractivity contribution in [3.63, 3.8) is 0 Å². The molecule has 0 aliphatic carbocycles. The summed E-state index contributed by atoms with van der Waals surface area (Å²) in [5.74, 6) is 0. The fraction of sp³-hybridized carbons (Fsp3) is 0.846. The lowest BCUT2D eigenvalue weighted by Gasteiger charge is -2.42. The molecule has 1 atom stereocenters. The van der Waals surface area contributed by atoms with Crippen molar-refractivity contribution >= 4 is 10.2 Å². The molecule has 0 amide bonds. The SMILES string of the molecule is C=CC[C@]1(CO)CCCN(S(=O)(=O)N2CCOCC2)C1. The Hall–Kier alpha value is -0.470. The van der Waals surface area contributed by atoms with Crippen LogP contribution >= 0.6 is 0 Å². The quantitative estimate of drug-likeness (QED) is 0.737. The molecule has 2 saturated heterocycles. The van der Waals surface area contributed by atoms with Crippen LogP contribution in [0.15, 0.2) is 12.7 Å². The zero-order chi connectivity index (χ0) is 14.6. The summed E-state index contributed by atoms with van der Waals surface area (Å²) in [5, 5.41) is 9.66. The number of aliphatic hydroxyl groups is 1. The largest absolute Gasteiger partial charge is 0.396 e. The molecule has 0 bridgehead atoms. The lowest BCUT2D eigenvalue weighted by Crippen LogP contribution is -2.54. The van der Waals surface area contributed by atoms with Gasteiger partial charge < -0.3 is 9.84 Å². The van der Waals surface area contributed by atoms with Crippen molar-refractivity contribution in [1.29, 1.82) is 0 Å². The van der Waals surface area contributed by atoms with E-state index in [9.17, 15) is 13.5 Å². The van der Waals surface area contributed by atoms with Gasteiger partial charge in [0.15, 0.2) is 0 Å². The number of hydrogen-bond acceptors (Lipinski definition) is 4. The average Bonchev–Trinajstić information content (AvgIpc) is 2.49. The monoisotopic (exact) mass is 304 g/mol. The van der Waals surface area contributed by atoms with Gasteiger partial charge in [0.1, 0.15) is 0 Å². The first-order chi connectivity index (χ1) is 9.54. The van der Waals surface area contributed by atoms with Gasteiger partial charge in [-0.3, -0.25) is 0 Å². The van der Waals surface area contributed by atoms with Gasteiger partial charge in [0.05, 0.1) is 19.8 Å². The molecule has 0 unspecified atom stereocenters. The second-order valence-corrected chi connectivity index (χ2v) is 7.54. The van der Waals surface area contributed by atoms with E-state index >= 15 is 0 Å². The van der Waals surface area contributed by atoms with E-state index in [1.165, 1.54) is 8.61 Å². The molecule has 0 aromatic carbocycles. The first-order valence-corrected chi connectivity index (χ1v) is 8.48. The minimum atomic E-state index is -3.44. The molecule has 2 fully saturated rings. The third-order valence-corrected chi connectivity index (χ3v) is 6.14. The normalized spacial score (nSPS) is 30.2. The summed E-state index contributed by atoms with van der Waals surface area (Å²) in [6, 6.07) is 0. The number of morpholine rings is 1. The highest BCUT2D eigenvalue weighted by Crippen LogP contribution is 2.35. The minimum Gasteiger partial charge on any atom is -0.396 e. The van der Waals surface area contributed by atoms with Crippen LogP contribution in [0.1, 0.15) is 19.3 Å². The summed E-state index contributed by atoms with van der Waals surface area (Å²) in [7, 11) is -3.44. The first-order valence-electron chi connectivity index (χ1n) is 7.09. The van der Waals surface area contributed by atoms with Crippen LogP contribution in [0.3, 0.4) is 0 Å². The molecule has 2 rings (SSSR count). The molecule has 0 aromatic rings. The van der Waals surface area contributed by atoms with Crippen LogP contribution in [0.5, 0.6) is 0 Å². The Morgan fingerprint density at radius 2 is 1.95 bits per heavy atom. The maximum atomic E-state index is 12.6. The molecule has 116 valence electrons. The molecule has 2 aliphatic rings. The van der Waals surface area contributed by atoms with Gasteiger partial charge >= 0.3 is 0 Å². The van der Waals surface area contributed by atoms with Gasteiger partial charge in [-0.15, -0.1) is 6.58 Å². The van der Waals surface area contributed by atoms with E-state index in [0.717, 1.165) is 12.8 Å². The number of hydrogen-bond donors (Lipinski definition) is 1. The average molecular weight is 304 g/mol. The predicted octanol–water partition coefficient (Wildman–Crippen LogP) is 0.214. The third-order valence-electron chi connectivity index (χ3n) is 4.16. The second kappa shape index (κ2) is 6.53. The summed E-state index contributed by atoms with van der Waals surface area (Å²) in [5.41, 5.74) is -0.376. The fourth-order valence-electron chi connectivity index (χ4n) is 2.97. The van der Waals surface area contributed by atoms with Crippen LogP contribution < -0.4 is 0 Å². The van der Waals surface area contributed by atoms with Crippen LogP contribution in [0.25, 0.3) is 0 Å². The van der Waals surface area contributed by atoms with Crippen molar-refractivity contribution in [2.24, 2.45) is 5.41 Å². The van der Waals surface area contributed by atoms with E-state index in [1.807, 2.05) is 0 Å². The highest BCUT2D eigenvalue weighted by Gasteiger charge is 2.40. The van der Waals surface area contributed by atoms with Crippen molar-refractivity contribution < 1.29 is 18.3 Å². The Kier molecular flexibility index (Phi) is 5.19. The molecular weight excluding hydrogens is 280 g/mol.